The molecule has 2 rings (SSSR count). The second kappa shape index (κ2) is 7.74. The third-order valence-electron chi connectivity index (χ3n) is 3.59. The molecule has 0 amide bonds. The quantitative estimate of drug-likeness (QED) is 0.745. The Morgan fingerprint density at radius 3 is 2.23 bits per heavy atom. The summed E-state index contributed by atoms with van der Waals surface area (Å²) in [6.45, 7) is 1.17. The Balaban J connectivity index is 2.13. The van der Waals surface area contributed by atoms with Crippen LogP contribution in [0.4, 0.5) is 13.2 Å². The summed E-state index contributed by atoms with van der Waals surface area (Å²) in [5.41, 5.74) is -0.226. The Morgan fingerprint density at radius 1 is 1.12 bits per heavy atom. The van der Waals surface area contributed by atoms with Crippen molar-refractivity contribution >= 4 is 33.2 Å². The first-order valence-electron chi connectivity index (χ1n) is 7.22. The molecule has 2 aromatic carbocycles. The van der Waals surface area contributed by atoms with Crippen LogP contribution in [0, 0.1) is 6.92 Å². The molecule has 0 spiro atoms. The Hall–Kier alpha value is -1.32. The van der Waals surface area contributed by atoms with E-state index in [2.05, 4.69) is 4.72 Å². The minimum atomic E-state index is -4.49. The standard InChI is InChI=1S/C16H14Cl2F3NO3S/c1-9-6-15(13(18)7-12(9)17)26(24,25)22-8-14(23)10-2-4-11(5-3-10)16(19,20)21/h2-7,14,22-23H,8H2,1H3. The molecule has 2 N–H and O–H groups in total. The van der Waals surface area contributed by atoms with Crippen molar-refractivity contribution in [3.63, 3.8) is 0 Å². The summed E-state index contributed by atoms with van der Waals surface area (Å²) in [7, 11) is -4.05. The van der Waals surface area contributed by atoms with Crippen LogP contribution in [0.1, 0.15) is 22.8 Å². The maximum Gasteiger partial charge on any atom is 0.416 e. The lowest BCUT2D eigenvalue weighted by atomic mass is 10.1. The van der Waals surface area contributed by atoms with Crippen molar-refractivity contribution in [3.8, 4) is 0 Å². The minimum Gasteiger partial charge on any atom is -0.387 e. The van der Waals surface area contributed by atoms with Gasteiger partial charge in [0.05, 0.1) is 16.7 Å². The van der Waals surface area contributed by atoms with Crippen LogP contribution in [0.25, 0.3) is 0 Å². The van der Waals surface area contributed by atoms with Gasteiger partial charge in [-0.15, -0.1) is 0 Å². The molecule has 1 unspecified atom stereocenters. The van der Waals surface area contributed by atoms with Crippen LogP contribution < -0.4 is 4.72 Å². The molecule has 0 radical (unpaired) electrons. The molecule has 0 heterocycles. The fourth-order valence-corrected chi connectivity index (χ4v) is 3.98. The minimum absolute atomic E-state index is 0.0860. The number of aryl methyl sites for hydroxylation is 1. The molecule has 142 valence electrons. The summed E-state index contributed by atoms with van der Waals surface area (Å²) in [5.74, 6) is 0. The van der Waals surface area contributed by atoms with Crippen LogP contribution in [-0.2, 0) is 16.2 Å². The van der Waals surface area contributed by atoms with Gasteiger partial charge in [0.25, 0.3) is 0 Å². The molecule has 0 bridgehead atoms. The highest BCUT2D eigenvalue weighted by atomic mass is 35.5. The Labute approximate surface area is 158 Å². The molecule has 10 heteroatoms. The van der Waals surface area contributed by atoms with Crippen molar-refractivity contribution in [2.75, 3.05) is 6.54 Å². The normalized spacial score (nSPS) is 13.7. The van der Waals surface area contributed by atoms with E-state index in [4.69, 9.17) is 23.2 Å². The fourth-order valence-electron chi connectivity index (χ4n) is 2.12. The Kier molecular flexibility index (Phi) is 6.24. The van der Waals surface area contributed by atoms with E-state index in [1.807, 2.05) is 0 Å². The van der Waals surface area contributed by atoms with E-state index in [0.29, 0.717) is 10.6 Å². The molecule has 0 aliphatic carbocycles. The number of aliphatic hydroxyl groups excluding tert-OH is 1. The summed E-state index contributed by atoms with van der Waals surface area (Å²) in [5, 5.41) is 10.2. The second-order valence-electron chi connectivity index (χ2n) is 5.52. The lowest BCUT2D eigenvalue weighted by Crippen LogP contribution is -2.29. The van der Waals surface area contributed by atoms with Crippen LogP contribution >= 0.6 is 23.2 Å². The summed E-state index contributed by atoms with van der Waals surface area (Å²) in [6, 6.07) is 6.37. The van der Waals surface area contributed by atoms with E-state index in [-0.39, 0.29) is 15.5 Å². The van der Waals surface area contributed by atoms with Gasteiger partial charge in [-0.05, 0) is 42.3 Å². The zero-order chi connectivity index (χ0) is 19.7. The highest BCUT2D eigenvalue weighted by Gasteiger charge is 2.30. The SMILES string of the molecule is Cc1cc(S(=O)(=O)NCC(O)c2ccc(C(F)(F)F)cc2)c(Cl)cc1Cl. The predicted octanol–water partition coefficient (Wildman–Crippen LogP) is 4.33. The van der Waals surface area contributed by atoms with Gasteiger partial charge >= 0.3 is 6.18 Å². The zero-order valence-corrected chi connectivity index (χ0v) is 15.6. The number of rotatable bonds is 5. The molecule has 0 saturated heterocycles. The molecule has 4 nitrogen and oxygen atoms in total. The van der Waals surface area contributed by atoms with E-state index >= 15 is 0 Å². The van der Waals surface area contributed by atoms with Crippen LogP contribution in [0.2, 0.25) is 10.0 Å². The smallest absolute Gasteiger partial charge is 0.387 e. The van der Waals surface area contributed by atoms with Crippen LogP contribution in [0.5, 0.6) is 0 Å². The largest absolute Gasteiger partial charge is 0.416 e. The van der Waals surface area contributed by atoms with Crippen molar-refractivity contribution in [3.05, 3.63) is 63.1 Å². The van der Waals surface area contributed by atoms with Crippen LogP contribution in [0.3, 0.4) is 0 Å². The van der Waals surface area contributed by atoms with Gasteiger partial charge in [-0.25, -0.2) is 13.1 Å². The van der Waals surface area contributed by atoms with E-state index in [0.717, 1.165) is 24.3 Å². The first-order chi connectivity index (χ1) is 11.9. The number of hydrogen-bond donors (Lipinski definition) is 2. The maximum atomic E-state index is 12.5. The van der Waals surface area contributed by atoms with Gasteiger partial charge in [-0.1, -0.05) is 35.3 Å². The molecule has 0 aliphatic heterocycles. The van der Waals surface area contributed by atoms with Crippen molar-refractivity contribution in [1.29, 1.82) is 0 Å². The fraction of sp³-hybridized carbons (Fsp3) is 0.250. The number of hydrogen-bond acceptors (Lipinski definition) is 3. The average Bonchev–Trinajstić information content (AvgIpc) is 2.55. The molecule has 2 aromatic rings. The van der Waals surface area contributed by atoms with Crippen molar-refractivity contribution in [2.45, 2.75) is 24.1 Å². The first kappa shape index (κ1) is 21.0. The Bertz CT molecular complexity index is 900. The molecular weight excluding hydrogens is 414 g/mol. The van der Waals surface area contributed by atoms with Gasteiger partial charge in [0.1, 0.15) is 4.90 Å². The number of halogens is 5. The van der Waals surface area contributed by atoms with E-state index in [1.165, 1.54) is 12.1 Å². The van der Waals surface area contributed by atoms with Gasteiger partial charge < -0.3 is 5.11 Å². The van der Waals surface area contributed by atoms with Gasteiger partial charge in [-0.2, -0.15) is 13.2 Å². The summed E-state index contributed by atoms with van der Waals surface area (Å²) in [6.07, 6.45) is -5.83. The van der Waals surface area contributed by atoms with Crippen molar-refractivity contribution < 1.29 is 26.7 Å². The third kappa shape index (κ3) is 4.89. The van der Waals surface area contributed by atoms with Gasteiger partial charge in [0.2, 0.25) is 10.0 Å². The number of aliphatic hydroxyl groups is 1. The second-order valence-corrected chi connectivity index (χ2v) is 8.07. The van der Waals surface area contributed by atoms with E-state index in [9.17, 15) is 26.7 Å². The number of benzene rings is 2. The molecule has 0 fully saturated rings. The molecule has 0 saturated carbocycles. The average molecular weight is 428 g/mol. The topological polar surface area (TPSA) is 66.4 Å². The number of sulfonamides is 1. The molecule has 26 heavy (non-hydrogen) atoms. The highest BCUT2D eigenvalue weighted by molar-refractivity contribution is 7.89. The first-order valence-corrected chi connectivity index (χ1v) is 9.46. The number of alkyl halides is 3. The number of nitrogens with one attached hydrogen (secondary N) is 1. The van der Waals surface area contributed by atoms with Crippen LogP contribution in [0.15, 0.2) is 41.3 Å². The summed E-state index contributed by atoms with van der Waals surface area (Å²) >= 11 is 11.8. The highest BCUT2D eigenvalue weighted by Crippen LogP contribution is 2.30. The van der Waals surface area contributed by atoms with Crippen molar-refractivity contribution in [2.24, 2.45) is 0 Å². The summed E-state index contributed by atoms with van der Waals surface area (Å²) in [4.78, 5) is -0.208. The zero-order valence-electron chi connectivity index (χ0n) is 13.3. The lowest BCUT2D eigenvalue weighted by Gasteiger charge is -2.15. The van der Waals surface area contributed by atoms with E-state index < -0.39 is 34.4 Å². The maximum absolute atomic E-state index is 12.5. The third-order valence-corrected chi connectivity index (χ3v) is 5.89. The van der Waals surface area contributed by atoms with Crippen LogP contribution in [-0.4, -0.2) is 20.1 Å². The predicted molar refractivity (Wildman–Crippen MR) is 92.8 cm³/mol. The monoisotopic (exact) mass is 427 g/mol. The summed E-state index contributed by atoms with van der Waals surface area (Å²) < 4.78 is 64.5. The Morgan fingerprint density at radius 2 is 1.69 bits per heavy atom. The van der Waals surface area contributed by atoms with Gasteiger partial charge in [-0.3, -0.25) is 0 Å². The van der Waals surface area contributed by atoms with Gasteiger partial charge in [0, 0.05) is 11.6 Å². The van der Waals surface area contributed by atoms with Gasteiger partial charge in [0.15, 0.2) is 0 Å². The van der Waals surface area contributed by atoms with E-state index in [1.54, 1.807) is 6.92 Å². The lowest BCUT2D eigenvalue weighted by molar-refractivity contribution is -0.137. The molecule has 0 aliphatic rings. The molecular formula is C16H14Cl2F3NO3S. The molecule has 0 aromatic heterocycles. The van der Waals surface area contributed by atoms with Crippen molar-refractivity contribution in [1.82, 2.24) is 4.72 Å². The molecule has 1 atom stereocenters.